The molecule has 0 aliphatic heterocycles. The molecule has 0 aliphatic carbocycles. The summed E-state index contributed by atoms with van der Waals surface area (Å²) in [6, 6.07) is 11.1. The van der Waals surface area contributed by atoms with Gasteiger partial charge in [0.05, 0.1) is 11.9 Å². The molecule has 2 aromatic rings. The highest BCUT2D eigenvalue weighted by Gasteiger charge is 2.13. The van der Waals surface area contributed by atoms with Gasteiger partial charge in [0.1, 0.15) is 5.82 Å². The van der Waals surface area contributed by atoms with Crippen molar-refractivity contribution >= 4 is 33.3 Å². The standard InChI is InChI=1S/C15H19ClN4O2S/c1-20(2)23(21,22)19-15-8-7-14(11-18-15)17-10-9-12-3-5-13(16)6-4-12/h3-8,11,17H,9-10H2,1-2H3,(H,18,19). The first-order valence-corrected chi connectivity index (χ1v) is 8.83. The maximum Gasteiger partial charge on any atom is 0.302 e. The van der Waals surface area contributed by atoms with Crippen molar-refractivity contribution in [3.8, 4) is 0 Å². The third kappa shape index (κ3) is 5.38. The lowest BCUT2D eigenvalue weighted by Crippen LogP contribution is -2.29. The van der Waals surface area contributed by atoms with Crippen LogP contribution >= 0.6 is 11.6 Å². The monoisotopic (exact) mass is 354 g/mol. The van der Waals surface area contributed by atoms with Gasteiger partial charge in [0.25, 0.3) is 0 Å². The van der Waals surface area contributed by atoms with E-state index in [2.05, 4.69) is 15.0 Å². The summed E-state index contributed by atoms with van der Waals surface area (Å²) in [4.78, 5) is 4.09. The Morgan fingerprint density at radius 1 is 1.13 bits per heavy atom. The van der Waals surface area contributed by atoms with Gasteiger partial charge in [-0.05, 0) is 36.2 Å². The molecule has 23 heavy (non-hydrogen) atoms. The predicted molar refractivity (Wildman–Crippen MR) is 94.1 cm³/mol. The summed E-state index contributed by atoms with van der Waals surface area (Å²) in [5, 5.41) is 3.96. The van der Waals surface area contributed by atoms with Gasteiger partial charge in [-0.3, -0.25) is 4.72 Å². The minimum atomic E-state index is -3.53. The van der Waals surface area contributed by atoms with Crippen LogP contribution in [0.3, 0.4) is 0 Å². The molecule has 0 saturated heterocycles. The number of anilines is 2. The molecule has 8 heteroatoms. The fourth-order valence-electron chi connectivity index (χ4n) is 1.78. The van der Waals surface area contributed by atoms with Crippen molar-refractivity contribution in [2.24, 2.45) is 0 Å². The summed E-state index contributed by atoms with van der Waals surface area (Å²) in [7, 11) is -0.624. The van der Waals surface area contributed by atoms with Crippen LogP contribution in [0.5, 0.6) is 0 Å². The van der Waals surface area contributed by atoms with Gasteiger partial charge >= 0.3 is 10.2 Å². The van der Waals surface area contributed by atoms with Gasteiger partial charge in [-0.2, -0.15) is 12.7 Å². The lowest BCUT2D eigenvalue weighted by Gasteiger charge is -2.13. The van der Waals surface area contributed by atoms with Gasteiger partial charge in [-0.25, -0.2) is 4.98 Å². The minimum absolute atomic E-state index is 0.280. The van der Waals surface area contributed by atoms with Crippen LogP contribution in [-0.4, -0.2) is 38.3 Å². The van der Waals surface area contributed by atoms with Gasteiger partial charge < -0.3 is 5.32 Å². The third-order valence-corrected chi connectivity index (χ3v) is 4.81. The molecule has 0 saturated carbocycles. The molecule has 2 rings (SSSR count). The first-order chi connectivity index (χ1) is 10.9. The maximum atomic E-state index is 11.7. The zero-order valence-corrected chi connectivity index (χ0v) is 14.5. The highest BCUT2D eigenvalue weighted by molar-refractivity contribution is 7.90. The topological polar surface area (TPSA) is 74.3 Å². The number of halogens is 1. The van der Waals surface area contributed by atoms with E-state index < -0.39 is 10.2 Å². The Hall–Kier alpha value is -1.83. The van der Waals surface area contributed by atoms with Crippen molar-refractivity contribution < 1.29 is 8.42 Å². The second-order valence-electron chi connectivity index (χ2n) is 5.12. The molecule has 1 aromatic carbocycles. The molecule has 0 fully saturated rings. The van der Waals surface area contributed by atoms with Crippen molar-refractivity contribution in [1.82, 2.24) is 9.29 Å². The van der Waals surface area contributed by atoms with E-state index in [9.17, 15) is 8.42 Å². The van der Waals surface area contributed by atoms with E-state index in [1.165, 1.54) is 19.7 Å². The van der Waals surface area contributed by atoms with E-state index in [-0.39, 0.29) is 5.82 Å². The van der Waals surface area contributed by atoms with Crippen LogP contribution in [0.25, 0.3) is 0 Å². The summed E-state index contributed by atoms with van der Waals surface area (Å²) in [6.45, 7) is 0.742. The van der Waals surface area contributed by atoms with Crippen molar-refractivity contribution in [2.75, 3.05) is 30.7 Å². The molecule has 0 unspecified atom stereocenters. The molecule has 1 aromatic heterocycles. The van der Waals surface area contributed by atoms with E-state index in [1.54, 1.807) is 18.3 Å². The number of pyridine rings is 1. The summed E-state index contributed by atoms with van der Waals surface area (Å²) in [5.74, 6) is 0.280. The molecule has 0 radical (unpaired) electrons. The van der Waals surface area contributed by atoms with E-state index in [1.807, 2.05) is 24.3 Å². The van der Waals surface area contributed by atoms with Crippen LogP contribution in [0.1, 0.15) is 5.56 Å². The lowest BCUT2D eigenvalue weighted by atomic mass is 10.1. The molecule has 1 heterocycles. The van der Waals surface area contributed by atoms with E-state index >= 15 is 0 Å². The average Bonchev–Trinajstić information content (AvgIpc) is 2.50. The Labute approximate surface area is 141 Å². The maximum absolute atomic E-state index is 11.7. The van der Waals surface area contributed by atoms with E-state index in [4.69, 9.17) is 11.6 Å². The van der Waals surface area contributed by atoms with Crippen LogP contribution in [0, 0.1) is 0 Å². The highest BCUT2D eigenvalue weighted by Crippen LogP contribution is 2.13. The molecule has 0 atom stereocenters. The zero-order chi connectivity index (χ0) is 16.9. The molecule has 124 valence electrons. The number of rotatable bonds is 7. The zero-order valence-electron chi connectivity index (χ0n) is 13.0. The van der Waals surface area contributed by atoms with Gasteiger partial charge in [0.2, 0.25) is 0 Å². The largest absolute Gasteiger partial charge is 0.383 e. The van der Waals surface area contributed by atoms with Crippen LogP contribution in [-0.2, 0) is 16.6 Å². The predicted octanol–water partition coefficient (Wildman–Crippen LogP) is 2.61. The first kappa shape index (κ1) is 17.5. The fourth-order valence-corrected chi connectivity index (χ4v) is 2.48. The number of nitrogens with zero attached hydrogens (tertiary/aromatic N) is 2. The molecule has 0 spiro atoms. The molecule has 2 N–H and O–H groups in total. The number of nitrogens with one attached hydrogen (secondary N) is 2. The number of benzene rings is 1. The fraction of sp³-hybridized carbons (Fsp3) is 0.267. The van der Waals surface area contributed by atoms with Crippen LogP contribution in [0.4, 0.5) is 11.5 Å². The van der Waals surface area contributed by atoms with Crippen molar-refractivity contribution in [3.63, 3.8) is 0 Å². The first-order valence-electron chi connectivity index (χ1n) is 7.01. The van der Waals surface area contributed by atoms with Crippen molar-refractivity contribution in [3.05, 3.63) is 53.2 Å². The molecule has 0 bridgehead atoms. The van der Waals surface area contributed by atoms with Gasteiger partial charge in [-0.1, -0.05) is 23.7 Å². The van der Waals surface area contributed by atoms with Gasteiger partial charge in [0, 0.05) is 25.7 Å². The third-order valence-electron chi connectivity index (χ3n) is 3.13. The van der Waals surface area contributed by atoms with Crippen molar-refractivity contribution in [1.29, 1.82) is 0 Å². The number of hydrogen-bond donors (Lipinski definition) is 2. The van der Waals surface area contributed by atoms with E-state index in [0.29, 0.717) is 0 Å². The van der Waals surface area contributed by atoms with Gasteiger partial charge in [0.15, 0.2) is 0 Å². The second kappa shape index (κ2) is 7.63. The molecule has 0 aliphatic rings. The summed E-state index contributed by atoms with van der Waals surface area (Å²) in [5.41, 5.74) is 2.01. The number of hydrogen-bond acceptors (Lipinski definition) is 4. The second-order valence-corrected chi connectivity index (χ2v) is 7.45. The summed E-state index contributed by atoms with van der Waals surface area (Å²) in [6.07, 6.45) is 2.45. The molecular formula is C15H19ClN4O2S. The lowest BCUT2D eigenvalue weighted by molar-refractivity contribution is 0.526. The summed E-state index contributed by atoms with van der Waals surface area (Å²) < 4.78 is 26.8. The Bertz CT molecular complexity index is 731. The number of aromatic nitrogens is 1. The smallest absolute Gasteiger partial charge is 0.302 e. The minimum Gasteiger partial charge on any atom is -0.383 e. The molecule has 6 nitrogen and oxygen atoms in total. The highest BCUT2D eigenvalue weighted by atomic mass is 35.5. The quantitative estimate of drug-likeness (QED) is 0.801. The van der Waals surface area contributed by atoms with Crippen LogP contribution in [0.2, 0.25) is 5.02 Å². The van der Waals surface area contributed by atoms with Gasteiger partial charge in [-0.15, -0.1) is 0 Å². The Morgan fingerprint density at radius 3 is 2.39 bits per heavy atom. The summed E-state index contributed by atoms with van der Waals surface area (Å²) >= 11 is 5.85. The Morgan fingerprint density at radius 2 is 1.83 bits per heavy atom. The Balaban J connectivity index is 1.86. The van der Waals surface area contributed by atoms with E-state index in [0.717, 1.165) is 28.0 Å². The SMILES string of the molecule is CN(C)S(=O)(=O)Nc1ccc(NCCc2ccc(Cl)cc2)cn1. The van der Waals surface area contributed by atoms with Crippen molar-refractivity contribution in [2.45, 2.75) is 6.42 Å². The molecule has 0 amide bonds. The van der Waals surface area contributed by atoms with Crippen LogP contribution in [0.15, 0.2) is 42.6 Å². The normalized spacial score (nSPS) is 11.5. The molecular weight excluding hydrogens is 336 g/mol. The Kier molecular flexibility index (Phi) is 5.81. The average molecular weight is 355 g/mol. The van der Waals surface area contributed by atoms with Crippen LogP contribution < -0.4 is 10.0 Å².